The van der Waals surface area contributed by atoms with E-state index in [0.29, 0.717) is 11.1 Å². The molecular formula is C21H24N2O4. The van der Waals surface area contributed by atoms with Gasteiger partial charge in [-0.05, 0) is 37.1 Å². The molecule has 0 aliphatic carbocycles. The average molecular weight is 368 g/mol. The SMILES string of the molecule is Cc1ccc(C(=O)NCC(=O)O[C@@H](C(=O)N(C)C)c2ccccc2)cc1C. The molecule has 0 aromatic heterocycles. The second kappa shape index (κ2) is 8.98. The van der Waals surface area contributed by atoms with E-state index in [-0.39, 0.29) is 18.4 Å². The van der Waals surface area contributed by atoms with Crippen LogP contribution in [0.2, 0.25) is 0 Å². The molecule has 2 aromatic rings. The van der Waals surface area contributed by atoms with Crippen LogP contribution >= 0.6 is 0 Å². The van der Waals surface area contributed by atoms with Crippen molar-refractivity contribution in [2.75, 3.05) is 20.6 Å². The van der Waals surface area contributed by atoms with Crippen molar-refractivity contribution in [1.82, 2.24) is 10.2 Å². The van der Waals surface area contributed by atoms with Crippen LogP contribution < -0.4 is 5.32 Å². The molecule has 2 aromatic carbocycles. The maximum absolute atomic E-state index is 12.4. The molecule has 0 aliphatic rings. The fourth-order valence-corrected chi connectivity index (χ4v) is 2.43. The van der Waals surface area contributed by atoms with E-state index in [1.54, 1.807) is 50.5 Å². The average Bonchev–Trinajstić information content (AvgIpc) is 2.66. The summed E-state index contributed by atoms with van der Waals surface area (Å²) < 4.78 is 5.34. The van der Waals surface area contributed by atoms with Crippen molar-refractivity contribution in [3.05, 3.63) is 70.8 Å². The Hall–Kier alpha value is -3.15. The Balaban J connectivity index is 2.02. The Bertz CT molecular complexity index is 831. The van der Waals surface area contributed by atoms with Gasteiger partial charge in [0.25, 0.3) is 11.8 Å². The van der Waals surface area contributed by atoms with Gasteiger partial charge >= 0.3 is 5.97 Å². The molecule has 142 valence electrons. The molecule has 0 unspecified atom stereocenters. The lowest BCUT2D eigenvalue weighted by atomic mass is 10.1. The Morgan fingerprint density at radius 1 is 1.00 bits per heavy atom. The molecule has 6 nitrogen and oxygen atoms in total. The standard InChI is InChI=1S/C21H24N2O4/c1-14-10-11-17(12-15(14)2)20(25)22-13-18(24)27-19(21(26)23(3)4)16-8-6-5-7-9-16/h5-12,19H,13H2,1-4H3,(H,22,25)/t19-/m1/s1. The first-order valence-electron chi connectivity index (χ1n) is 8.60. The van der Waals surface area contributed by atoms with Gasteiger partial charge in [0.15, 0.2) is 0 Å². The first-order chi connectivity index (χ1) is 12.8. The quantitative estimate of drug-likeness (QED) is 0.795. The summed E-state index contributed by atoms with van der Waals surface area (Å²) in [6, 6.07) is 14.1. The van der Waals surface area contributed by atoms with E-state index < -0.39 is 12.1 Å². The number of carbonyl (C=O) groups excluding carboxylic acids is 3. The molecule has 0 heterocycles. The number of rotatable bonds is 6. The van der Waals surface area contributed by atoms with Crippen molar-refractivity contribution in [2.24, 2.45) is 0 Å². The molecule has 0 saturated heterocycles. The molecule has 0 bridgehead atoms. The predicted octanol–water partition coefficient (Wildman–Crippen LogP) is 2.41. The van der Waals surface area contributed by atoms with E-state index in [1.807, 2.05) is 26.0 Å². The summed E-state index contributed by atoms with van der Waals surface area (Å²) in [5.74, 6) is -1.41. The molecule has 0 saturated carbocycles. The summed E-state index contributed by atoms with van der Waals surface area (Å²) in [7, 11) is 3.18. The van der Waals surface area contributed by atoms with Gasteiger partial charge in [0.2, 0.25) is 6.10 Å². The lowest BCUT2D eigenvalue weighted by Gasteiger charge is -2.21. The first-order valence-corrected chi connectivity index (χ1v) is 8.60. The number of carbonyl (C=O) groups is 3. The summed E-state index contributed by atoms with van der Waals surface area (Å²) in [4.78, 5) is 38.1. The minimum Gasteiger partial charge on any atom is -0.446 e. The van der Waals surface area contributed by atoms with Gasteiger partial charge in [-0.3, -0.25) is 14.4 Å². The number of aryl methyl sites for hydroxylation is 2. The Morgan fingerprint density at radius 2 is 1.67 bits per heavy atom. The molecule has 2 amide bonds. The van der Waals surface area contributed by atoms with Crippen LogP contribution in [0.15, 0.2) is 48.5 Å². The van der Waals surface area contributed by atoms with Crippen molar-refractivity contribution in [3.8, 4) is 0 Å². The molecule has 2 rings (SSSR count). The summed E-state index contributed by atoms with van der Waals surface area (Å²) in [5.41, 5.74) is 3.12. The zero-order valence-corrected chi connectivity index (χ0v) is 16.0. The smallest absolute Gasteiger partial charge is 0.326 e. The van der Waals surface area contributed by atoms with Crippen molar-refractivity contribution < 1.29 is 19.1 Å². The van der Waals surface area contributed by atoms with E-state index >= 15 is 0 Å². The van der Waals surface area contributed by atoms with Gasteiger partial charge in [-0.15, -0.1) is 0 Å². The van der Waals surface area contributed by atoms with Crippen LogP contribution in [0.25, 0.3) is 0 Å². The fourth-order valence-electron chi connectivity index (χ4n) is 2.43. The van der Waals surface area contributed by atoms with E-state index in [2.05, 4.69) is 5.32 Å². The third kappa shape index (κ3) is 5.41. The number of nitrogens with one attached hydrogen (secondary N) is 1. The van der Waals surface area contributed by atoms with Gasteiger partial charge in [0.05, 0.1) is 0 Å². The summed E-state index contributed by atoms with van der Waals surface area (Å²) >= 11 is 0. The molecule has 0 fully saturated rings. The van der Waals surface area contributed by atoms with Crippen molar-refractivity contribution in [1.29, 1.82) is 0 Å². The zero-order chi connectivity index (χ0) is 20.0. The van der Waals surface area contributed by atoms with Gasteiger partial charge in [-0.1, -0.05) is 36.4 Å². The van der Waals surface area contributed by atoms with Crippen LogP contribution in [0, 0.1) is 13.8 Å². The predicted molar refractivity (Wildman–Crippen MR) is 102 cm³/mol. The number of ether oxygens (including phenoxy) is 1. The molecule has 1 N–H and O–H groups in total. The lowest BCUT2D eigenvalue weighted by molar-refractivity contribution is -0.158. The van der Waals surface area contributed by atoms with Crippen molar-refractivity contribution >= 4 is 17.8 Å². The van der Waals surface area contributed by atoms with Gasteiger partial charge in [-0.2, -0.15) is 0 Å². The monoisotopic (exact) mass is 368 g/mol. The second-order valence-electron chi connectivity index (χ2n) is 6.49. The highest BCUT2D eigenvalue weighted by molar-refractivity contribution is 5.96. The summed E-state index contributed by atoms with van der Waals surface area (Å²) in [6.07, 6.45) is -1.05. The number of hydrogen-bond donors (Lipinski definition) is 1. The van der Waals surface area contributed by atoms with Crippen LogP contribution in [0.1, 0.15) is 33.2 Å². The summed E-state index contributed by atoms with van der Waals surface area (Å²) in [5, 5.41) is 2.53. The highest BCUT2D eigenvalue weighted by Crippen LogP contribution is 2.19. The maximum atomic E-state index is 12.4. The number of nitrogens with zero attached hydrogens (tertiary/aromatic N) is 1. The summed E-state index contributed by atoms with van der Waals surface area (Å²) in [6.45, 7) is 3.55. The maximum Gasteiger partial charge on any atom is 0.326 e. The second-order valence-corrected chi connectivity index (χ2v) is 6.49. The van der Waals surface area contributed by atoms with Crippen LogP contribution in [-0.4, -0.2) is 43.3 Å². The third-order valence-electron chi connectivity index (χ3n) is 4.18. The molecule has 6 heteroatoms. The van der Waals surface area contributed by atoms with E-state index in [4.69, 9.17) is 4.74 Å². The highest BCUT2D eigenvalue weighted by Gasteiger charge is 2.26. The molecule has 0 spiro atoms. The van der Waals surface area contributed by atoms with Crippen LogP contribution in [0.5, 0.6) is 0 Å². The minimum absolute atomic E-state index is 0.324. The normalized spacial score (nSPS) is 11.4. The number of likely N-dealkylation sites (N-methyl/N-ethyl adjacent to an activating group) is 1. The number of amides is 2. The molecule has 0 aliphatic heterocycles. The molecule has 27 heavy (non-hydrogen) atoms. The van der Waals surface area contributed by atoms with Crippen LogP contribution in [0.3, 0.4) is 0 Å². The minimum atomic E-state index is -1.05. The number of hydrogen-bond acceptors (Lipinski definition) is 4. The molecule has 0 radical (unpaired) electrons. The fraction of sp³-hybridized carbons (Fsp3) is 0.286. The number of esters is 1. The number of benzene rings is 2. The van der Waals surface area contributed by atoms with Crippen molar-refractivity contribution in [2.45, 2.75) is 20.0 Å². The first kappa shape index (κ1) is 20.2. The van der Waals surface area contributed by atoms with Gasteiger partial charge < -0.3 is 15.0 Å². The molecular weight excluding hydrogens is 344 g/mol. The Labute approximate surface area is 159 Å². The van der Waals surface area contributed by atoms with Gasteiger partial charge in [0.1, 0.15) is 6.54 Å². The molecule has 1 atom stereocenters. The topological polar surface area (TPSA) is 75.7 Å². The van der Waals surface area contributed by atoms with Crippen molar-refractivity contribution in [3.63, 3.8) is 0 Å². The van der Waals surface area contributed by atoms with E-state index in [0.717, 1.165) is 11.1 Å². The Morgan fingerprint density at radius 3 is 2.26 bits per heavy atom. The Kier molecular flexibility index (Phi) is 6.71. The van der Waals surface area contributed by atoms with Crippen LogP contribution in [-0.2, 0) is 14.3 Å². The van der Waals surface area contributed by atoms with Gasteiger partial charge in [-0.25, -0.2) is 0 Å². The van der Waals surface area contributed by atoms with E-state index in [1.165, 1.54) is 4.90 Å². The lowest BCUT2D eigenvalue weighted by Crippen LogP contribution is -2.35. The van der Waals surface area contributed by atoms with E-state index in [9.17, 15) is 14.4 Å². The zero-order valence-electron chi connectivity index (χ0n) is 16.0. The highest BCUT2D eigenvalue weighted by atomic mass is 16.5. The van der Waals surface area contributed by atoms with Crippen LogP contribution in [0.4, 0.5) is 0 Å². The third-order valence-corrected chi connectivity index (χ3v) is 4.18. The largest absolute Gasteiger partial charge is 0.446 e. The van der Waals surface area contributed by atoms with Gasteiger partial charge in [0, 0.05) is 25.2 Å².